The van der Waals surface area contributed by atoms with Crippen LogP contribution < -0.4 is 5.32 Å². The molecule has 0 saturated heterocycles. The lowest BCUT2D eigenvalue weighted by atomic mass is 10.2. The summed E-state index contributed by atoms with van der Waals surface area (Å²) in [5.74, 6) is 0. The van der Waals surface area contributed by atoms with Gasteiger partial charge in [-0.05, 0) is 29.5 Å². The minimum Gasteiger partial charge on any atom is -0.379 e. The van der Waals surface area contributed by atoms with Gasteiger partial charge in [0.2, 0.25) is 0 Å². The smallest absolute Gasteiger partial charge is 0.0820 e. The van der Waals surface area contributed by atoms with Gasteiger partial charge in [0.15, 0.2) is 0 Å². The minimum atomic E-state index is 0.664. The second-order valence-electron chi connectivity index (χ2n) is 3.43. The fraction of sp³-hybridized carbons (Fsp3) is 0.250. The Morgan fingerprint density at radius 2 is 2.31 bits per heavy atom. The molecule has 84 valence electrons. The average molecular weight is 253 g/mol. The molecule has 0 aliphatic carbocycles. The first kappa shape index (κ1) is 11.4. The van der Waals surface area contributed by atoms with Gasteiger partial charge in [-0.25, -0.2) is 0 Å². The van der Waals surface area contributed by atoms with Crippen LogP contribution in [0.25, 0.3) is 0 Å². The Bertz CT molecular complexity index is 468. The Kier molecular flexibility index (Phi) is 3.80. The lowest BCUT2D eigenvalue weighted by Crippen LogP contribution is -2.00. The highest BCUT2D eigenvalue weighted by molar-refractivity contribution is 7.10. The maximum atomic E-state index is 6.02. The van der Waals surface area contributed by atoms with Gasteiger partial charge in [-0.2, -0.15) is 0 Å². The van der Waals surface area contributed by atoms with Crippen molar-refractivity contribution >= 4 is 28.6 Å². The number of aryl methyl sites for hydroxylation is 1. The summed E-state index contributed by atoms with van der Waals surface area (Å²) in [6.07, 6.45) is 4.47. The van der Waals surface area contributed by atoms with E-state index in [-0.39, 0.29) is 0 Å². The molecule has 4 heteroatoms. The summed E-state index contributed by atoms with van der Waals surface area (Å²) in [6, 6.07) is 4.07. The van der Waals surface area contributed by atoms with E-state index in [4.69, 9.17) is 11.6 Å². The molecule has 0 aliphatic heterocycles. The van der Waals surface area contributed by atoms with E-state index < -0.39 is 0 Å². The zero-order valence-corrected chi connectivity index (χ0v) is 10.6. The maximum absolute atomic E-state index is 6.02. The van der Waals surface area contributed by atoms with Crippen LogP contribution in [0.1, 0.15) is 17.4 Å². The van der Waals surface area contributed by atoms with E-state index in [1.807, 2.05) is 6.07 Å². The van der Waals surface area contributed by atoms with E-state index in [0.717, 1.165) is 18.7 Å². The predicted molar refractivity (Wildman–Crippen MR) is 70.3 cm³/mol. The van der Waals surface area contributed by atoms with Gasteiger partial charge in [0.25, 0.3) is 0 Å². The van der Waals surface area contributed by atoms with E-state index in [2.05, 4.69) is 28.7 Å². The Hall–Kier alpha value is -1.06. The molecule has 2 aromatic rings. The van der Waals surface area contributed by atoms with Crippen LogP contribution in [-0.2, 0) is 13.0 Å². The molecule has 0 aromatic carbocycles. The molecule has 0 aliphatic rings. The number of halogens is 1. The van der Waals surface area contributed by atoms with E-state index in [0.29, 0.717) is 5.02 Å². The highest BCUT2D eigenvalue weighted by Gasteiger charge is 2.03. The van der Waals surface area contributed by atoms with Crippen LogP contribution >= 0.6 is 22.9 Å². The van der Waals surface area contributed by atoms with Gasteiger partial charge in [-0.1, -0.05) is 18.5 Å². The zero-order valence-electron chi connectivity index (χ0n) is 9.03. The van der Waals surface area contributed by atoms with Crippen LogP contribution in [0.3, 0.4) is 0 Å². The number of nitrogens with one attached hydrogen (secondary N) is 1. The molecule has 2 nitrogen and oxygen atoms in total. The number of nitrogens with zero attached hydrogens (tertiary/aromatic N) is 1. The molecule has 0 atom stereocenters. The predicted octanol–water partition coefficient (Wildman–Crippen LogP) is 3.97. The van der Waals surface area contributed by atoms with Crippen LogP contribution in [0.5, 0.6) is 0 Å². The van der Waals surface area contributed by atoms with Crippen LogP contribution in [0.4, 0.5) is 5.69 Å². The normalized spacial score (nSPS) is 10.4. The van der Waals surface area contributed by atoms with Crippen molar-refractivity contribution in [2.24, 2.45) is 0 Å². The number of anilines is 1. The summed E-state index contributed by atoms with van der Waals surface area (Å²) in [7, 11) is 0. The Labute approximate surface area is 104 Å². The van der Waals surface area contributed by atoms with Gasteiger partial charge < -0.3 is 5.32 Å². The highest BCUT2D eigenvalue weighted by atomic mass is 35.5. The van der Waals surface area contributed by atoms with Gasteiger partial charge in [0, 0.05) is 23.8 Å². The third-order valence-corrected chi connectivity index (χ3v) is 3.69. The number of hydrogen-bond acceptors (Lipinski definition) is 3. The van der Waals surface area contributed by atoms with Crippen LogP contribution in [0.15, 0.2) is 29.9 Å². The fourth-order valence-electron chi connectivity index (χ4n) is 1.53. The standard InChI is InChI=1S/C12H13ClN2S/c1-2-9-4-6-16-12(9)8-15-11-3-5-14-7-10(11)13/h3-7H,2,8H2,1H3,(H,14,15). The monoisotopic (exact) mass is 252 g/mol. The molecule has 0 saturated carbocycles. The number of thiophene rings is 1. The molecule has 2 rings (SSSR count). The van der Waals surface area contributed by atoms with Crippen LogP contribution in [0.2, 0.25) is 5.02 Å². The van der Waals surface area contributed by atoms with Crippen LogP contribution in [-0.4, -0.2) is 4.98 Å². The average Bonchev–Trinajstić information content (AvgIpc) is 2.75. The van der Waals surface area contributed by atoms with E-state index in [9.17, 15) is 0 Å². The zero-order chi connectivity index (χ0) is 11.4. The van der Waals surface area contributed by atoms with Crippen molar-refractivity contribution in [1.29, 1.82) is 0 Å². The number of pyridine rings is 1. The second-order valence-corrected chi connectivity index (χ2v) is 4.84. The third kappa shape index (κ3) is 2.54. The van der Waals surface area contributed by atoms with Gasteiger partial charge in [-0.15, -0.1) is 11.3 Å². The quantitative estimate of drug-likeness (QED) is 0.891. The van der Waals surface area contributed by atoms with Crippen molar-refractivity contribution in [1.82, 2.24) is 4.98 Å². The van der Waals surface area contributed by atoms with E-state index in [1.165, 1.54) is 10.4 Å². The number of aromatic nitrogens is 1. The van der Waals surface area contributed by atoms with Crippen molar-refractivity contribution in [2.75, 3.05) is 5.32 Å². The van der Waals surface area contributed by atoms with Crippen LogP contribution in [0, 0.1) is 0 Å². The molecule has 2 aromatic heterocycles. The van der Waals surface area contributed by atoms with Gasteiger partial charge in [-0.3, -0.25) is 4.98 Å². The summed E-state index contributed by atoms with van der Waals surface area (Å²) in [4.78, 5) is 5.33. The largest absolute Gasteiger partial charge is 0.379 e. The molecule has 0 radical (unpaired) electrons. The van der Waals surface area contributed by atoms with Crippen molar-refractivity contribution in [3.05, 3.63) is 45.4 Å². The maximum Gasteiger partial charge on any atom is 0.0820 e. The summed E-state index contributed by atoms with van der Waals surface area (Å²) >= 11 is 7.79. The molecule has 0 bridgehead atoms. The first-order chi connectivity index (χ1) is 7.81. The van der Waals surface area contributed by atoms with E-state index in [1.54, 1.807) is 23.7 Å². The molecule has 0 unspecified atom stereocenters. The lowest BCUT2D eigenvalue weighted by Gasteiger charge is -2.07. The van der Waals surface area contributed by atoms with Crippen molar-refractivity contribution in [3.63, 3.8) is 0 Å². The first-order valence-electron chi connectivity index (χ1n) is 5.20. The topological polar surface area (TPSA) is 24.9 Å². The molecular weight excluding hydrogens is 240 g/mol. The molecule has 0 spiro atoms. The van der Waals surface area contributed by atoms with Gasteiger partial charge >= 0.3 is 0 Å². The molecular formula is C12H13ClN2S. The Morgan fingerprint density at radius 1 is 1.44 bits per heavy atom. The summed E-state index contributed by atoms with van der Waals surface area (Å²) in [5.41, 5.74) is 2.34. The molecule has 2 heterocycles. The van der Waals surface area contributed by atoms with Crippen molar-refractivity contribution in [2.45, 2.75) is 19.9 Å². The highest BCUT2D eigenvalue weighted by Crippen LogP contribution is 2.22. The lowest BCUT2D eigenvalue weighted by molar-refractivity contribution is 1.08. The summed E-state index contributed by atoms with van der Waals surface area (Å²) < 4.78 is 0. The molecule has 0 fully saturated rings. The SMILES string of the molecule is CCc1ccsc1CNc1ccncc1Cl. The molecule has 16 heavy (non-hydrogen) atoms. The molecule has 1 N–H and O–H groups in total. The van der Waals surface area contributed by atoms with E-state index >= 15 is 0 Å². The summed E-state index contributed by atoms with van der Waals surface area (Å²) in [5, 5.41) is 6.12. The molecule has 0 amide bonds. The second kappa shape index (κ2) is 5.32. The van der Waals surface area contributed by atoms with Gasteiger partial charge in [0.05, 0.1) is 10.7 Å². The van der Waals surface area contributed by atoms with Crippen molar-refractivity contribution < 1.29 is 0 Å². The Balaban J connectivity index is 2.05. The number of hydrogen-bond donors (Lipinski definition) is 1. The fourth-order valence-corrected chi connectivity index (χ4v) is 2.63. The Morgan fingerprint density at radius 3 is 3.06 bits per heavy atom. The van der Waals surface area contributed by atoms with Crippen molar-refractivity contribution in [3.8, 4) is 0 Å². The van der Waals surface area contributed by atoms with Gasteiger partial charge in [0.1, 0.15) is 0 Å². The number of rotatable bonds is 4. The third-order valence-electron chi connectivity index (χ3n) is 2.43. The summed E-state index contributed by atoms with van der Waals surface area (Å²) in [6.45, 7) is 3.00. The minimum absolute atomic E-state index is 0.664. The first-order valence-corrected chi connectivity index (χ1v) is 6.45.